The summed E-state index contributed by atoms with van der Waals surface area (Å²) in [6.45, 7) is 0.341. The number of nitrogens with zero attached hydrogens (tertiary/aromatic N) is 5. The highest BCUT2D eigenvalue weighted by Gasteiger charge is 2.38. The average Bonchev–Trinajstić information content (AvgIpc) is 3.50. The maximum Gasteiger partial charge on any atom is 0.261 e. The second-order valence-corrected chi connectivity index (χ2v) is 8.28. The van der Waals surface area contributed by atoms with Gasteiger partial charge in [-0.1, -0.05) is 12.1 Å². The molecular formula is C23H18F3N7. The van der Waals surface area contributed by atoms with E-state index in [-0.39, 0.29) is 24.0 Å². The molecule has 1 aliphatic rings. The van der Waals surface area contributed by atoms with Gasteiger partial charge in [-0.05, 0) is 23.8 Å². The molecule has 1 aliphatic heterocycles. The van der Waals surface area contributed by atoms with Gasteiger partial charge in [0, 0.05) is 37.5 Å². The molecule has 10 heteroatoms. The van der Waals surface area contributed by atoms with Gasteiger partial charge in [0.15, 0.2) is 11.6 Å². The molecule has 0 atom stereocenters. The summed E-state index contributed by atoms with van der Waals surface area (Å²) < 4.78 is 42.8. The summed E-state index contributed by atoms with van der Waals surface area (Å²) >= 11 is 0. The van der Waals surface area contributed by atoms with Gasteiger partial charge in [0.2, 0.25) is 0 Å². The van der Waals surface area contributed by atoms with Gasteiger partial charge in [-0.2, -0.15) is 5.10 Å². The fourth-order valence-electron chi connectivity index (χ4n) is 4.32. The summed E-state index contributed by atoms with van der Waals surface area (Å²) in [4.78, 5) is 17.8. The molecule has 0 aliphatic carbocycles. The van der Waals surface area contributed by atoms with Crippen LogP contribution < -0.4 is 0 Å². The van der Waals surface area contributed by atoms with E-state index in [0.29, 0.717) is 35.7 Å². The van der Waals surface area contributed by atoms with Crippen LogP contribution in [0, 0.1) is 5.82 Å². The summed E-state index contributed by atoms with van der Waals surface area (Å²) in [6, 6.07) is 9.25. The molecule has 1 saturated heterocycles. The molecule has 0 saturated carbocycles. The zero-order chi connectivity index (χ0) is 22.6. The molecular weight excluding hydrogens is 431 g/mol. The Morgan fingerprint density at radius 2 is 1.94 bits per heavy atom. The highest BCUT2D eigenvalue weighted by Crippen LogP contribution is 2.33. The molecule has 6 rings (SSSR count). The maximum atomic E-state index is 15.7. The lowest BCUT2D eigenvalue weighted by Crippen LogP contribution is -2.24. The van der Waals surface area contributed by atoms with Crippen molar-refractivity contribution in [1.29, 1.82) is 0 Å². The summed E-state index contributed by atoms with van der Waals surface area (Å²) in [6.07, 6.45) is 4.48. The first kappa shape index (κ1) is 19.9. The van der Waals surface area contributed by atoms with Gasteiger partial charge in [-0.25, -0.2) is 18.2 Å². The largest absolute Gasteiger partial charge is 0.337 e. The molecule has 0 amide bonds. The lowest BCUT2D eigenvalue weighted by molar-refractivity contribution is 0.0115. The van der Waals surface area contributed by atoms with E-state index in [9.17, 15) is 8.78 Å². The third kappa shape index (κ3) is 3.52. The van der Waals surface area contributed by atoms with E-state index >= 15 is 4.39 Å². The van der Waals surface area contributed by atoms with Crippen molar-refractivity contribution in [3.05, 3.63) is 60.3 Å². The molecule has 4 aromatic heterocycles. The van der Waals surface area contributed by atoms with E-state index in [1.807, 2.05) is 24.3 Å². The van der Waals surface area contributed by atoms with Crippen LogP contribution in [0.5, 0.6) is 0 Å². The number of fused-ring (bicyclic) bond motifs is 2. The van der Waals surface area contributed by atoms with E-state index in [4.69, 9.17) is 0 Å². The minimum Gasteiger partial charge on any atom is -0.337 e. The minimum atomic E-state index is -2.67. The van der Waals surface area contributed by atoms with Crippen molar-refractivity contribution in [2.24, 2.45) is 0 Å². The van der Waals surface area contributed by atoms with Crippen molar-refractivity contribution in [2.45, 2.75) is 18.9 Å². The first-order valence-electron chi connectivity index (χ1n) is 10.5. The summed E-state index contributed by atoms with van der Waals surface area (Å²) in [5.41, 5.74) is 3.67. The van der Waals surface area contributed by atoms with Crippen LogP contribution in [0.3, 0.4) is 0 Å². The highest BCUT2D eigenvalue weighted by molar-refractivity contribution is 5.95. The number of aromatic nitrogens is 6. The molecule has 33 heavy (non-hydrogen) atoms. The number of alkyl halides is 2. The standard InChI is InChI=1S/C23H18F3N7/c24-19-18-17(31-32-21(18)22-29-15-3-1-2-4-16(15)30-22)10-28-20(19)14-7-13(8-27-9-14)11-33-6-5-23(25,26)12-33/h1-4,7-10H,5-6,11-12H2,(H,29,30)(H,31,32). The van der Waals surface area contributed by atoms with Gasteiger partial charge in [-0.3, -0.25) is 20.0 Å². The number of H-pyrrole nitrogens is 2. The SMILES string of the molecule is Fc1c(-c2cncc(CN3CCC(F)(F)C3)c2)ncc2[nH]nc(-c3nc4ccccc4[nH]3)c12. The van der Waals surface area contributed by atoms with E-state index in [2.05, 4.69) is 30.1 Å². The Labute approximate surface area is 185 Å². The Morgan fingerprint density at radius 1 is 1.06 bits per heavy atom. The van der Waals surface area contributed by atoms with Gasteiger partial charge in [0.1, 0.15) is 11.4 Å². The van der Waals surface area contributed by atoms with Gasteiger partial charge < -0.3 is 4.98 Å². The molecule has 7 nitrogen and oxygen atoms in total. The normalized spacial score (nSPS) is 16.2. The zero-order valence-electron chi connectivity index (χ0n) is 17.3. The topological polar surface area (TPSA) is 86.4 Å². The summed E-state index contributed by atoms with van der Waals surface area (Å²) in [5.74, 6) is -2.78. The Kier molecular flexibility index (Phi) is 4.44. The molecule has 166 valence electrons. The lowest BCUT2D eigenvalue weighted by Gasteiger charge is -2.15. The number of para-hydroxylation sites is 2. The molecule has 0 bridgehead atoms. The van der Waals surface area contributed by atoms with Crippen molar-refractivity contribution in [1.82, 2.24) is 35.0 Å². The highest BCUT2D eigenvalue weighted by atomic mass is 19.3. The quantitative estimate of drug-likeness (QED) is 0.421. The minimum absolute atomic E-state index is 0.113. The summed E-state index contributed by atoms with van der Waals surface area (Å²) in [5, 5.41) is 7.34. The van der Waals surface area contributed by atoms with Gasteiger partial charge >= 0.3 is 0 Å². The number of likely N-dealkylation sites (tertiary alicyclic amines) is 1. The molecule has 5 aromatic rings. The first-order valence-corrected chi connectivity index (χ1v) is 10.5. The summed E-state index contributed by atoms with van der Waals surface area (Å²) in [7, 11) is 0. The van der Waals surface area contributed by atoms with Crippen molar-refractivity contribution in [3.8, 4) is 22.8 Å². The van der Waals surface area contributed by atoms with Crippen LogP contribution in [-0.2, 0) is 6.54 Å². The lowest BCUT2D eigenvalue weighted by atomic mass is 10.1. The predicted molar refractivity (Wildman–Crippen MR) is 117 cm³/mol. The van der Waals surface area contributed by atoms with E-state index in [1.54, 1.807) is 17.2 Å². The molecule has 1 aromatic carbocycles. The molecule has 5 heterocycles. The monoisotopic (exact) mass is 449 g/mol. The van der Waals surface area contributed by atoms with Crippen LogP contribution in [0.15, 0.2) is 48.9 Å². The maximum absolute atomic E-state index is 15.7. The third-order valence-electron chi connectivity index (χ3n) is 5.88. The first-order chi connectivity index (χ1) is 16.0. The number of hydrogen-bond acceptors (Lipinski definition) is 5. The van der Waals surface area contributed by atoms with Crippen LogP contribution in [0.1, 0.15) is 12.0 Å². The number of benzene rings is 1. The van der Waals surface area contributed by atoms with E-state index < -0.39 is 11.7 Å². The van der Waals surface area contributed by atoms with E-state index in [1.165, 1.54) is 12.4 Å². The van der Waals surface area contributed by atoms with Crippen molar-refractivity contribution < 1.29 is 13.2 Å². The second-order valence-electron chi connectivity index (χ2n) is 8.28. The zero-order valence-corrected chi connectivity index (χ0v) is 17.3. The molecule has 0 radical (unpaired) electrons. The average molecular weight is 449 g/mol. The molecule has 0 spiro atoms. The number of aromatic amines is 2. The van der Waals surface area contributed by atoms with Gasteiger partial charge in [0.05, 0.1) is 34.7 Å². The van der Waals surface area contributed by atoms with Crippen LogP contribution in [-0.4, -0.2) is 54.0 Å². The van der Waals surface area contributed by atoms with Crippen LogP contribution in [0.4, 0.5) is 13.2 Å². The van der Waals surface area contributed by atoms with Crippen LogP contribution in [0.25, 0.3) is 44.7 Å². The molecule has 1 fully saturated rings. The van der Waals surface area contributed by atoms with Crippen LogP contribution in [0.2, 0.25) is 0 Å². The fraction of sp³-hybridized carbons (Fsp3) is 0.217. The van der Waals surface area contributed by atoms with Gasteiger partial charge in [-0.15, -0.1) is 0 Å². The van der Waals surface area contributed by atoms with Crippen molar-refractivity contribution in [3.63, 3.8) is 0 Å². The number of halogens is 3. The number of pyridine rings is 2. The number of imidazole rings is 1. The molecule has 2 N–H and O–H groups in total. The van der Waals surface area contributed by atoms with E-state index in [0.717, 1.165) is 16.6 Å². The third-order valence-corrected chi connectivity index (χ3v) is 5.88. The Balaban J connectivity index is 1.39. The number of hydrogen-bond donors (Lipinski definition) is 2. The van der Waals surface area contributed by atoms with Crippen molar-refractivity contribution >= 4 is 21.9 Å². The smallest absolute Gasteiger partial charge is 0.261 e. The second kappa shape index (κ2) is 7.38. The Bertz CT molecular complexity index is 1460. The molecule has 0 unspecified atom stereocenters. The Morgan fingerprint density at radius 3 is 2.76 bits per heavy atom. The number of rotatable bonds is 4. The number of nitrogens with one attached hydrogen (secondary N) is 2. The fourth-order valence-corrected chi connectivity index (χ4v) is 4.32. The van der Waals surface area contributed by atoms with Crippen molar-refractivity contribution in [2.75, 3.05) is 13.1 Å². The Hall–Kier alpha value is -3.79. The van der Waals surface area contributed by atoms with Gasteiger partial charge in [0.25, 0.3) is 5.92 Å². The predicted octanol–water partition coefficient (Wildman–Crippen LogP) is 4.54. The van der Waals surface area contributed by atoms with Crippen LogP contribution >= 0.6 is 0 Å².